The standard InChI is InChI=1S/C9H7BrClN/c1-12-5-8(11)7-4-6(10)2-3-9(7)12/h2-5H,1H3. The van der Waals surface area contributed by atoms with E-state index in [1.165, 1.54) is 0 Å². The van der Waals surface area contributed by atoms with Crippen LogP contribution in [0.1, 0.15) is 0 Å². The molecule has 2 rings (SSSR count). The number of rotatable bonds is 0. The fourth-order valence-corrected chi connectivity index (χ4v) is 1.98. The first kappa shape index (κ1) is 8.14. The summed E-state index contributed by atoms with van der Waals surface area (Å²) in [6, 6.07) is 6.08. The van der Waals surface area contributed by atoms with E-state index in [1.54, 1.807) is 0 Å². The summed E-state index contributed by atoms with van der Waals surface area (Å²) in [4.78, 5) is 0. The Labute approximate surface area is 84.1 Å². The maximum Gasteiger partial charge on any atom is 0.0661 e. The Hall–Kier alpha value is -0.470. The lowest BCUT2D eigenvalue weighted by Gasteiger charge is -1.95. The first-order chi connectivity index (χ1) is 5.68. The lowest BCUT2D eigenvalue weighted by atomic mass is 10.2. The fraction of sp³-hybridized carbons (Fsp3) is 0.111. The molecule has 0 fully saturated rings. The van der Waals surface area contributed by atoms with Crippen LogP contribution in [-0.2, 0) is 7.05 Å². The molecule has 0 aliphatic carbocycles. The highest BCUT2D eigenvalue weighted by Crippen LogP contribution is 2.27. The van der Waals surface area contributed by atoms with Gasteiger partial charge >= 0.3 is 0 Å². The van der Waals surface area contributed by atoms with Gasteiger partial charge in [-0.3, -0.25) is 0 Å². The first-order valence-electron chi connectivity index (χ1n) is 3.58. The van der Waals surface area contributed by atoms with Gasteiger partial charge in [0, 0.05) is 28.6 Å². The molecule has 1 aromatic heterocycles. The van der Waals surface area contributed by atoms with Crippen molar-refractivity contribution in [3.8, 4) is 0 Å². The van der Waals surface area contributed by atoms with Crippen molar-refractivity contribution in [3.05, 3.63) is 33.9 Å². The second kappa shape index (κ2) is 2.79. The number of aromatic nitrogens is 1. The molecule has 0 bridgehead atoms. The molecule has 0 radical (unpaired) electrons. The maximum absolute atomic E-state index is 6.01. The zero-order valence-electron chi connectivity index (χ0n) is 6.51. The van der Waals surface area contributed by atoms with Crippen molar-refractivity contribution in [3.63, 3.8) is 0 Å². The van der Waals surface area contributed by atoms with Gasteiger partial charge in [-0.15, -0.1) is 0 Å². The second-order valence-electron chi connectivity index (χ2n) is 2.75. The summed E-state index contributed by atoms with van der Waals surface area (Å²) in [7, 11) is 1.99. The van der Waals surface area contributed by atoms with E-state index in [9.17, 15) is 0 Å². The molecular formula is C9H7BrClN. The predicted octanol–water partition coefficient (Wildman–Crippen LogP) is 3.59. The topological polar surface area (TPSA) is 4.93 Å². The molecule has 0 aliphatic rings. The SMILES string of the molecule is Cn1cc(Cl)c2cc(Br)ccc21. The maximum atomic E-state index is 6.01. The minimum Gasteiger partial charge on any atom is -0.349 e. The number of hydrogen-bond donors (Lipinski definition) is 0. The molecule has 0 N–H and O–H groups in total. The van der Waals surface area contributed by atoms with Gasteiger partial charge in [0.2, 0.25) is 0 Å². The molecule has 1 aromatic carbocycles. The van der Waals surface area contributed by atoms with E-state index in [-0.39, 0.29) is 0 Å². The monoisotopic (exact) mass is 243 g/mol. The number of hydrogen-bond acceptors (Lipinski definition) is 0. The van der Waals surface area contributed by atoms with Crippen molar-refractivity contribution < 1.29 is 0 Å². The van der Waals surface area contributed by atoms with E-state index in [0.29, 0.717) is 0 Å². The van der Waals surface area contributed by atoms with Crippen molar-refractivity contribution in [1.29, 1.82) is 0 Å². The van der Waals surface area contributed by atoms with E-state index in [0.717, 1.165) is 20.4 Å². The Kier molecular flexibility index (Phi) is 1.89. The Bertz CT molecular complexity index is 433. The predicted molar refractivity (Wildman–Crippen MR) is 55.6 cm³/mol. The van der Waals surface area contributed by atoms with Crippen LogP contribution in [0.3, 0.4) is 0 Å². The smallest absolute Gasteiger partial charge is 0.0661 e. The van der Waals surface area contributed by atoms with Gasteiger partial charge in [-0.1, -0.05) is 27.5 Å². The molecule has 0 unspecified atom stereocenters. The second-order valence-corrected chi connectivity index (χ2v) is 4.07. The quantitative estimate of drug-likeness (QED) is 0.667. The molecule has 0 atom stereocenters. The van der Waals surface area contributed by atoms with Crippen LogP contribution in [0.2, 0.25) is 5.02 Å². The molecule has 1 heterocycles. The summed E-state index contributed by atoms with van der Waals surface area (Å²) in [6.45, 7) is 0. The zero-order chi connectivity index (χ0) is 8.72. The molecule has 12 heavy (non-hydrogen) atoms. The Balaban J connectivity index is 2.90. The van der Waals surface area contributed by atoms with E-state index >= 15 is 0 Å². The molecule has 0 amide bonds. The molecular weight excluding hydrogens is 237 g/mol. The van der Waals surface area contributed by atoms with Crippen LogP contribution in [0.15, 0.2) is 28.9 Å². The first-order valence-corrected chi connectivity index (χ1v) is 4.75. The number of benzene rings is 1. The zero-order valence-corrected chi connectivity index (χ0v) is 8.85. The van der Waals surface area contributed by atoms with Crippen molar-refractivity contribution in [2.45, 2.75) is 0 Å². The molecule has 0 saturated carbocycles. The van der Waals surface area contributed by atoms with Gasteiger partial charge in [-0.05, 0) is 18.2 Å². The van der Waals surface area contributed by atoms with Gasteiger partial charge in [0.25, 0.3) is 0 Å². The van der Waals surface area contributed by atoms with Crippen LogP contribution in [0.4, 0.5) is 0 Å². The Morgan fingerprint density at radius 1 is 1.42 bits per heavy atom. The lowest BCUT2D eigenvalue weighted by Crippen LogP contribution is -1.82. The molecule has 62 valence electrons. The lowest BCUT2D eigenvalue weighted by molar-refractivity contribution is 0.969. The van der Waals surface area contributed by atoms with Gasteiger partial charge in [0.1, 0.15) is 0 Å². The highest BCUT2D eigenvalue weighted by atomic mass is 79.9. The number of nitrogens with zero attached hydrogens (tertiary/aromatic N) is 1. The number of halogens is 2. The Morgan fingerprint density at radius 3 is 2.92 bits per heavy atom. The van der Waals surface area contributed by atoms with E-state index in [2.05, 4.69) is 15.9 Å². The minimum atomic E-state index is 0.800. The molecule has 3 heteroatoms. The van der Waals surface area contributed by atoms with Crippen molar-refractivity contribution in [1.82, 2.24) is 4.57 Å². The Morgan fingerprint density at radius 2 is 2.17 bits per heavy atom. The van der Waals surface area contributed by atoms with E-state index in [4.69, 9.17) is 11.6 Å². The highest BCUT2D eigenvalue weighted by molar-refractivity contribution is 9.10. The van der Waals surface area contributed by atoms with Crippen LogP contribution in [0.5, 0.6) is 0 Å². The van der Waals surface area contributed by atoms with Gasteiger partial charge < -0.3 is 4.57 Å². The van der Waals surface area contributed by atoms with Crippen LogP contribution >= 0.6 is 27.5 Å². The summed E-state index contributed by atoms with van der Waals surface area (Å²) < 4.78 is 3.08. The number of aryl methyl sites for hydroxylation is 1. The molecule has 0 spiro atoms. The molecule has 0 aliphatic heterocycles. The van der Waals surface area contributed by atoms with Gasteiger partial charge in [0.15, 0.2) is 0 Å². The molecule has 2 aromatic rings. The van der Waals surface area contributed by atoms with Gasteiger partial charge in [-0.2, -0.15) is 0 Å². The van der Waals surface area contributed by atoms with Crippen LogP contribution in [0, 0.1) is 0 Å². The van der Waals surface area contributed by atoms with Crippen molar-refractivity contribution >= 4 is 38.4 Å². The fourth-order valence-electron chi connectivity index (χ4n) is 1.32. The average Bonchev–Trinajstić information content (AvgIpc) is 2.28. The minimum absolute atomic E-state index is 0.800. The number of fused-ring (bicyclic) bond motifs is 1. The van der Waals surface area contributed by atoms with Gasteiger partial charge in [0.05, 0.1) is 5.02 Å². The average molecular weight is 245 g/mol. The van der Waals surface area contributed by atoms with E-state index < -0.39 is 0 Å². The third-order valence-corrected chi connectivity index (χ3v) is 2.70. The third kappa shape index (κ3) is 1.15. The van der Waals surface area contributed by atoms with Crippen molar-refractivity contribution in [2.75, 3.05) is 0 Å². The summed E-state index contributed by atoms with van der Waals surface area (Å²) in [5.41, 5.74) is 1.16. The normalized spacial score (nSPS) is 10.9. The van der Waals surface area contributed by atoms with E-state index in [1.807, 2.05) is 36.0 Å². The summed E-state index contributed by atoms with van der Waals surface area (Å²) in [5.74, 6) is 0. The summed E-state index contributed by atoms with van der Waals surface area (Å²) in [6.07, 6.45) is 1.92. The summed E-state index contributed by atoms with van der Waals surface area (Å²) in [5, 5.41) is 1.89. The summed E-state index contributed by atoms with van der Waals surface area (Å²) >= 11 is 9.42. The third-order valence-electron chi connectivity index (χ3n) is 1.90. The molecule has 1 nitrogen and oxygen atoms in total. The largest absolute Gasteiger partial charge is 0.349 e. The van der Waals surface area contributed by atoms with Crippen molar-refractivity contribution in [2.24, 2.45) is 7.05 Å². The molecule has 0 saturated heterocycles. The van der Waals surface area contributed by atoms with Crippen LogP contribution in [-0.4, -0.2) is 4.57 Å². The highest BCUT2D eigenvalue weighted by Gasteiger charge is 2.03. The van der Waals surface area contributed by atoms with Gasteiger partial charge in [-0.25, -0.2) is 0 Å². The van der Waals surface area contributed by atoms with Crippen LogP contribution in [0.25, 0.3) is 10.9 Å². The van der Waals surface area contributed by atoms with Crippen LogP contribution < -0.4 is 0 Å².